The number of carbonyl (C=O) groups is 2. The van der Waals surface area contributed by atoms with E-state index in [0.29, 0.717) is 0 Å². The van der Waals surface area contributed by atoms with Crippen LogP contribution in [0.3, 0.4) is 0 Å². The molecule has 114 valence electrons. The Bertz CT molecular complexity index is 804. The highest BCUT2D eigenvalue weighted by Gasteiger charge is 2.17. The third-order valence-corrected chi connectivity index (χ3v) is 4.03. The zero-order chi connectivity index (χ0) is 16.2. The number of anilines is 1. The number of hydrogen-bond donors (Lipinski definition) is 3. The number of nitrogens with two attached hydrogens (primary N) is 1. The molecule has 0 aliphatic heterocycles. The number of urea groups is 1. The molecular weight excluding hydrogens is 306 g/mol. The van der Waals surface area contributed by atoms with Crippen LogP contribution in [0.5, 0.6) is 0 Å². The van der Waals surface area contributed by atoms with Gasteiger partial charge in [0.1, 0.15) is 0 Å². The van der Waals surface area contributed by atoms with Crippen molar-refractivity contribution in [2.24, 2.45) is 5.73 Å². The van der Waals surface area contributed by atoms with E-state index < -0.39 is 22.0 Å². The molecule has 0 bridgehead atoms. The maximum Gasteiger partial charge on any atom is 0.333 e. The summed E-state index contributed by atoms with van der Waals surface area (Å²) in [6, 6.07) is 12.4. The summed E-state index contributed by atoms with van der Waals surface area (Å²) in [5.74, 6) is -0.652. The van der Waals surface area contributed by atoms with Crippen molar-refractivity contribution in [3.8, 4) is 0 Å². The number of rotatable bonds is 4. The quantitative estimate of drug-likeness (QED) is 0.787. The molecule has 0 spiro atoms. The average molecular weight is 319 g/mol. The number of benzene rings is 2. The van der Waals surface area contributed by atoms with Crippen molar-refractivity contribution in [1.82, 2.24) is 4.72 Å². The minimum Gasteiger partial charge on any atom is -0.366 e. The van der Waals surface area contributed by atoms with Gasteiger partial charge >= 0.3 is 6.03 Å². The van der Waals surface area contributed by atoms with Crippen LogP contribution in [0.4, 0.5) is 10.5 Å². The van der Waals surface area contributed by atoms with Crippen molar-refractivity contribution in [1.29, 1.82) is 0 Å². The van der Waals surface area contributed by atoms with Crippen molar-refractivity contribution in [3.05, 3.63) is 60.2 Å². The average Bonchev–Trinajstić information content (AvgIpc) is 2.47. The van der Waals surface area contributed by atoms with E-state index in [1.165, 1.54) is 36.4 Å². The van der Waals surface area contributed by atoms with Crippen LogP contribution >= 0.6 is 0 Å². The Kier molecular flexibility index (Phi) is 4.42. The van der Waals surface area contributed by atoms with E-state index in [1.807, 2.05) is 4.72 Å². The van der Waals surface area contributed by atoms with Gasteiger partial charge in [0, 0.05) is 11.3 Å². The van der Waals surface area contributed by atoms with Gasteiger partial charge in [-0.05, 0) is 30.3 Å². The molecule has 2 aromatic carbocycles. The van der Waals surface area contributed by atoms with Gasteiger partial charge in [0.15, 0.2) is 0 Å². The van der Waals surface area contributed by atoms with E-state index >= 15 is 0 Å². The van der Waals surface area contributed by atoms with Crippen LogP contribution in [-0.4, -0.2) is 20.4 Å². The minimum absolute atomic E-state index is 0.0314. The Morgan fingerprint density at radius 2 is 1.64 bits per heavy atom. The van der Waals surface area contributed by atoms with Gasteiger partial charge in [-0.3, -0.25) is 4.79 Å². The molecule has 0 saturated heterocycles. The van der Waals surface area contributed by atoms with Crippen LogP contribution in [-0.2, 0) is 10.0 Å². The van der Waals surface area contributed by atoms with Crippen molar-refractivity contribution in [3.63, 3.8) is 0 Å². The fourth-order valence-electron chi connectivity index (χ4n) is 1.69. The molecule has 22 heavy (non-hydrogen) atoms. The van der Waals surface area contributed by atoms with Gasteiger partial charge in [0.2, 0.25) is 5.91 Å². The SMILES string of the molecule is NC(=O)c1cccc(NC(=O)NS(=O)(=O)c2ccccc2)c1. The lowest BCUT2D eigenvalue weighted by molar-refractivity contribution is 0.1000. The molecule has 0 heterocycles. The Balaban J connectivity index is 2.10. The number of amides is 3. The summed E-state index contributed by atoms with van der Waals surface area (Å²) >= 11 is 0. The van der Waals surface area contributed by atoms with Gasteiger partial charge in [0.05, 0.1) is 4.90 Å². The molecule has 0 aliphatic rings. The maximum atomic E-state index is 12.0. The lowest BCUT2D eigenvalue weighted by atomic mass is 10.2. The van der Waals surface area contributed by atoms with Crippen molar-refractivity contribution < 1.29 is 18.0 Å². The largest absolute Gasteiger partial charge is 0.366 e. The highest BCUT2D eigenvalue weighted by Crippen LogP contribution is 2.11. The zero-order valence-electron chi connectivity index (χ0n) is 11.3. The second kappa shape index (κ2) is 6.27. The molecule has 8 heteroatoms. The number of hydrogen-bond acceptors (Lipinski definition) is 4. The predicted molar refractivity (Wildman–Crippen MR) is 80.7 cm³/mol. The molecule has 3 amide bonds. The molecular formula is C14H13N3O4S. The fourth-order valence-corrected chi connectivity index (χ4v) is 2.62. The van der Waals surface area contributed by atoms with E-state index in [4.69, 9.17) is 5.73 Å². The van der Waals surface area contributed by atoms with Crippen LogP contribution in [0, 0.1) is 0 Å². The molecule has 2 aromatic rings. The molecule has 7 nitrogen and oxygen atoms in total. The molecule has 0 atom stereocenters. The van der Waals surface area contributed by atoms with Gasteiger partial charge < -0.3 is 11.1 Å². The van der Waals surface area contributed by atoms with Crippen LogP contribution in [0.1, 0.15) is 10.4 Å². The van der Waals surface area contributed by atoms with Crippen LogP contribution in [0.25, 0.3) is 0 Å². The molecule has 0 aromatic heterocycles. The molecule has 0 fully saturated rings. The molecule has 2 rings (SSSR count). The summed E-state index contributed by atoms with van der Waals surface area (Å²) < 4.78 is 25.8. The molecule has 0 saturated carbocycles. The summed E-state index contributed by atoms with van der Waals surface area (Å²) in [4.78, 5) is 22.8. The first-order chi connectivity index (χ1) is 10.4. The van der Waals surface area contributed by atoms with Crippen LogP contribution in [0.2, 0.25) is 0 Å². The van der Waals surface area contributed by atoms with Crippen molar-refractivity contribution in [2.45, 2.75) is 4.90 Å². The number of nitrogens with one attached hydrogen (secondary N) is 2. The van der Waals surface area contributed by atoms with Gasteiger partial charge in [-0.15, -0.1) is 0 Å². The summed E-state index contributed by atoms with van der Waals surface area (Å²) in [7, 11) is -3.96. The third-order valence-electron chi connectivity index (χ3n) is 2.69. The van der Waals surface area contributed by atoms with Crippen LogP contribution < -0.4 is 15.8 Å². The Labute approximate surface area is 127 Å². The second-order valence-electron chi connectivity index (χ2n) is 4.32. The van der Waals surface area contributed by atoms with Crippen molar-refractivity contribution in [2.75, 3.05) is 5.32 Å². The monoisotopic (exact) mass is 319 g/mol. The van der Waals surface area contributed by atoms with E-state index in [2.05, 4.69) is 5.32 Å². The molecule has 0 unspecified atom stereocenters. The topological polar surface area (TPSA) is 118 Å². The number of carbonyl (C=O) groups excluding carboxylic acids is 2. The summed E-state index contributed by atoms with van der Waals surface area (Å²) in [5, 5.41) is 2.33. The molecule has 0 aliphatic carbocycles. The van der Waals surface area contributed by atoms with Crippen molar-refractivity contribution >= 4 is 27.6 Å². The van der Waals surface area contributed by atoms with Gasteiger partial charge in [-0.25, -0.2) is 17.9 Å². The van der Waals surface area contributed by atoms with Gasteiger partial charge in [0.25, 0.3) is 10.0 Å². The van der Waals surface area contributed by atoms with E-state index in [1.54, 1.807) is 18.2 Å². The van der Waals surface area contributed by atoms with E-state index in [0.717, 1.165) is 0 Å². The lowest BCUT2D eigenvalue weighted by Gasteiger charge is -2.09. The summed E-state index contributed by atoms with van der Waals surface area (Å²) in [6.45, 7) is 0. The van der Waals surface area contributed by atoms with Crippen LogP contribution in [0.15, 0.2) is 59.5 Å². The number of primary amides is 1. The smallest absolute Gasteiger partial charge is 0.333 e. The Morgan fingerprint density at radius 3 is 2.27 bits per heavy atom. The van der Waals surface area contributed by atoms with E-state index in [9.17, 15) is 18.0 Å². The number of sulfonamides is 1. The maximum absolute atomic E-state index is 12.0. The first-order valence-electron chi connectivity index (χ1n) is 6.17. The van der Waals surface area contributed by atoms with E-state index in [-0.39, 0.29) is 16.1 Å². The standard InChI is InChI=1S/C14H13N3O4S/c15-13(18)10-5-4-6-11(9-10)16-14(19)17-22(20,21)12-7-2-1-3-8-12/h1-9H,(H2,15,18)(H2,16,17,19). The normalized spacial score (nSPS) is 10.7. The zero-order valence-corrected chi connectivity index (χ0v) is 12.1. The Hall–Kier alpha value is -2.87. The predicted octanol–water partition coefficient (Wildman–Crippen LogP) is 1.30. The van der Waals surface area contributed by atoms with Gasteiger partial charge in [-0.1, -0.05) is 24.3 Å². The molecule has 4 N–H and O–H groups in total. The third kappa shape index (κ3) is 3.83. The second-order valence-corrected chi connectivity index (χ2v) is 6.00. The molecule has 0 radical (unpaired) electrons. The summed E-state index contributed by atoms with van der Waals surface area (Å²) in [5.41, 5.74) is 5.57. The van der Waals surface area contributed by atoms with Gasteiger partial charge in [-0.2, -0.15) is 0 Å². The summed E-state index contributed by atoms with van der Waals surface area (Å²) in [6.07, 6.45) is 0. The highest BCUT2D eigenvalue weighted by atomic mass is 32.2. The Morgan fingerprint density at radius 1 is 0.955 bits per heavy atom. The highest BCUT2D eigenvalue weighted by molar-refractivity contribution is 7.90. The minimum atomic E-state index is -3.96. The lowest BCUT2D eigenvalue weighted by Crippen LogP contribution is -2.34. The fraction of sp³-hybridized carbons (Fsp3) is 0. The first kappa shape index (κ1) is 15.5. The first-order valence-corrected chi connectivity index (χ1v) is 7.65.